The second kappa shape index (κ2) is 7.09. The summed E-state index contributed by atoms with van der Waals surface area (Å²) in [4.78, 5) is 13.6. The van der Waals surface area contributed by atoms with E-state index in [2.05, 4.69) is 44.0 Å². The van der Waals surface area contributed by atoms with Gasteiger partial charge in [-0.25, -0.2) is 0 Å². The van der Waals surface area contributed by atoms with E-state index in [-0.39, 0.29) is 0 Å². The predicted octanol–water partition coefficient (Wildman–Crippen LogP) is 3.51. The number of aromatic nitrogens is 3. The van der Waals surface area contributed by atoms with Crippen molar-refractivity contribution in [2.75, 3.05) is 31.1 Å². The second-order valence-corrected chi connectivity index (χ2v) is 7.11. The smallest absolute Gasteiger partial charge is 0.298 e. The standard InChI is InChI=1S/C21H21N5O2/c1-15-6-8-16(9-7-15)20-23-19(28-24-20)14-25-10-12-26(13-11-25)21-22-17-4-2-3-5-18(17)27-21/h2-9H,10-14H2,1H3. The van der Waals surface area contributed by atoms with Crippen molar-refractivity contribution in [3.63, 3.8) is 0 Å². The maximum Gasteiger partial charge on any atom is 0.298 e. The summed E-state index contributed by atoms with van der Waals surface area (Å²) in [7, 11) is 0. The molecule has 7 nitrogen and oxygen atoms in total. The minimum Gasteiger partial charge on any atom is -0.423 e. The van der Waals surface area contributed by atoms with Crippen LogP contribution in [0.1, 0.15) is 11.5 Å². The Labute approximate surface area is 162 Å². The molecule has 0 radical (unpaired) electrons. The number of para-hydroxylation sites is 2. The van der Waals surface area contributed by atoms with E-state index in [0.29, 0.717) is 24.3 Å². The van der Waals surface area contributed by atoms with Crippen molar-refractivity contribution in [3.8, 4) is 11.4 Å². The zero-order valence-electron chi connectivity index (χ0n) is 15.7. The Balaban J connectivity index is 1.21. The summed E-state index contributed by atoms with van der Waals surface area (Å²) in [6.45, 7) is 6.20. The molecule has 1 fully saturated rings. The van der Waals surface area contributed by atoms with Gasteiger partial charge in [0.2, 0.25) is 11.7 Å². The van der Waals surface area contributed by atoms with E-state index in [0.717, 1.165) is 42.8 Å². The van der Waals surface area contributed by atoms with Gasteiger partial charge in [-0.05, 0) is 19.1 Å². The number of aryl methyl sites for hydroxylation is 1. The molecule has 3 heterocycles. The van der Waals surface area contributed by atoms with Gasteiger partial charge >= 0.3 is 0 Å². The lowest BCUT2D eigenvalue weighted by Gasteiger charge is -2.32. The first kappa shape index (κ1) is 16.9. The number of rotatable bonds is 4. The highest BCUT2D eigenvalue weighted by Gasteiger charge is 2.22. The lowest BCUT2D eigenvalue weighted by molar-refractivity contribution is 0.213. The molecule has 0 amide bonds. The van der Waals surface area contributed by atoms with Gasteiger partial charge in [-0.2, -0.15) is 9.97 Å². The summed E-state index contributed by atoms with van der Waals surface area (Å²) in [6.07, 6.45) is 0. The molecule has 4 aromatic rings. The Kier molecular flexibility index (Phi) is 4.29. The molecule has 0 N–H and O–H groups in total. The van der Waals surface area contributed by atoms with Crippen LogP contribution in [0.25, 0.3) is 22.5 Å². The van der Waals surface area contributed by atoms with Crippen LogP contribution in [0.5, 0.6) is 0 Å². The fraction of sp³-hybridized carbons (Fsp3) is 0.286. The lowest BCUT2D eigenvalue weighted by atomic mass is 10.1. The molecule has 2 aromatic heterocycles. The maximum absolute atomic E-state index is 5.88. The SMILES string of the molecule is Cc1ccc(-c2noc(CN3CCN(c4nc5ccccc5o4)CC3)n2)cc1. The molecule has 0 bridgehead atoms. The number of nitrogens with zero attached hydrogens (tertiary/aromatic N) is 5. The van der Waals surface area contributed by atoms with Crippen molar-refractivity contribution in [2.45, 2.75) is 13.5 Å². The topological polar surface area (TPSA) is 71.4 Å². The molecule has 1 aliphatic heterocycles. The largest absolute Gasteiger partial charge is 0.423 e. The van der Waals surface area contributed by atoms with E-state index in [1.54, 1.807) is 0 Å². The Hall–Kier alpha value is -3.19. The normalized spacial score (nSPS) is 15.4. The lowest BCUT2D eigenvalue weighted by Crippen LogP contribution is -2.46. The number of hydrogen-bond donors (Lipinski definition) is 0. The molecule has 2 aromatic carbocycles. The average Bonchev–Trinajstić information content (AvgIpc) is 3.36. The monoisotopic (exact) mass is 375 g/mol. The van der Waals surface area contributed by atoms with Crippen LogP contribution >= 0.6 is 0 Å². The van der Waals surface area contributed by atoms with Crippen LogP contribution in [-0.4, -0.2) is 46.2 Å². The fourth-order valence-electron chi connectivity index (χ4n) is 3.42. The number of oxazole rings is 1. The third-order valence-electron chi connectivity index (χ3n) is 5.06. The number of hydrogen-bond acceptors (Lipinski definition) is 7. The third-order valence-corrected chi connectivity index (χ3v) is 5.06. The molecule has 0 aliphatic carbocycles. The van der Waals surface area contributed by atoms with Crippen molar-refractivity contribution in [1.82, 2.24) is 20.0 Å². The van der Waals surface area contributed by atoms with Gasteiger partial charge in [-0.3, -0.25) is 4.90 Å². The van der Waals surface area contributed by atoms with Crippen molar-refractivity contribution < 1.29 is 8.94 Å². The van der Waals surface area contributed by atoms with Gasteiger partial charge in [0.05, 0.1) is 6.54 Å². The molecule has 0 saturated carbocycles. The fourth-order valence-corrected chi connectivity index (χ4v) is 3.42. The van der Waals surface area contributed by atoms with Crippen LogP contribution in [0, 0.1) is 6.92 Å². The minimum absolute atomic E-state index is 0.639. The zero-order valence-corrected chi connectivity index (χ0v) is 15.7. The molecule has 0 atom stereocenters. The summed E-state index contributed by atoms with van der Waals surface area (Å²) in [5.74, 6) is 1.28. The molecular weight excluding hydrogens is 354 g/mol. The summed E-state index contributed by atoms with van der Waals surface area (Å²) in [6, 6.07) is 16.7. The number of piperazine rings is 1. The maximum atomic E-state index is 5.88. The van der Waals surface area contributed by atoms with Crippen LogP contribution in [0.4, 0.5) is 6.01 Å². The highest BCUT2D eigenvalue weighted by molar-refractivity contribution is 5.74. The van der Waals surface area contributed by atoms with Crippen LogP contribution < -0.4 is 4.90 Å². The third kappa shape index (κ3) is 3.36. The molecule has 1 aliphatic rings. The van der Waals surface area contributed by atoms with Crippen molar-refractivity contribution in [1.29, 1.82) is 0 Å². The number of anilines is 1. The van der Waals surface area contributed by atoms with E-state index >= 15 is 0 Å². The van der Waals surface area contributed by atoms with E-state index < -0.39 is 0 Å². The second-order valence-electron chi connectivity index (χ2n) is 7.11. The summed E-state index contributed by atoms with van der Waals surface area (Å²) < 4.78 is 11.3. The quantitative estimate of drug-likeness (QED) is 0.540. The van der Waals surface area contributed by atoms with Gasteiger partial charge in [0.1, 0.15) is 5.52 Å². The summed E-state index contributed by atoms with van der Waals surface area (Å²) in [5, 5.41) is 4.12. The van der Waals surface area contributed by atoms with Crippen LogP contribution in [-0.2, 0) is 6.54 Å². The summed E-state index contributed by atoms with van der Waals surface area (Å²) >= 11 is 0. The number of benzene rings is 2. The van der Waals surface area contributed by atoms with Gasteiger partial charge in [0.25, 0.3) is 6.01 Å². The predicted molar refractivity (Wildman–Crippen MR) is 106 cm³/mol. The molecule has 28 heavy (non-hydrogen) atoms. The van der Waals surface area contributed by atoms with Crippen LogP contribution in [0.3, 0.4) is 0 Å². The zero-order chi connectivity index (χ0) is 18.9. The van der Waals surface area contributed by atoms with Gasteiger partial charge in [-0.15, -0.1) is 0 Å². The summed E-state index contributed by atoms with van der Waals surface area (Å²) in [5.41, 5.74) is 3.91. The molecule has 5 rings (SSSR count). The van der Waals surface area contributed by atoms with Gasteiger partial charge in [0, 0.05) is 31.7 Å². The molecule has 142 valence electrons. The van der Waals surface area contributed by atoms with Gasteiger partial charge in [-0.1, -0.05) is 47.1 Å². The molecule has 7 heteroatoms. The molecule has 0 spiro atoms. The Morgan fingerprint density at radius 3 is 2.50 bits per heavy atom. The van der Waals surface area contributed by atoms with E-state index in [4.69, 9.17) is 8.94 Å². The highest BCUT2D eigenvalue weighted by atomic mass is 16.5. The van der Waals surface area contributed by atoms with E-state index in [9.17, 15) is 0 Å². The molecule has 0 unspecified atom stereocenters. The Morgan fingerprint density at radius 2 is 1.71 bits per heavy atom. The first-order valence-electron chi connectivity index (χ1n) is 9.47. The number of fused-ring (bicyclic) bond motifs is 1. The van der Waals surface area contributed by atoms with Crippen molar-refractivity contribution >= 4 is 17.1 Å². The van der Waals surface area contributed by atoms with E-state index in [1.807, 2.05) is 36.4 Å². The van der Waals surface area contributed by atoms with Crippen molar-refractivity contribution in [2.24, 2.45) is 0 Å². The van der Waals surface area contributed by atoms with E-state index in [1.165, 1.54) is 5.56 Å². The Bertz CT molecular complexity index is 1040. The van der Waals surface area contributed by atoms with Gasteiger partial charge < -0.3 is 13.8 Å². The highest BCUT2D eigenvalue weighted by Crippen LogP contribution is 2.23. The van der Waals surface area contributed by atoms with Crippen LogP contribution in [0.15, 0.2) is 57.5 Å². The molecular formula is C21H21N5O2. The average molecular weight is 375 g/mol. The van der Waals surface area contributed by atoms with Gasteiger partial charge in [0.15, 0.2) is 5.58 Å². The first-order chi connectivity index (χ1) is 13.7. The first-order valence-corrected chi connectivity index (χ1v) is 9.47. The molecule has 1 saturated heterocycles. The van der Waals surface area contributed by atoms with Crippen LogP contribution in [0.2, 0.25) is 0 Å². The minimum atomic E-state index is 0.639. The Morgan fingerprint density at radius 1 is 0.929 bits per heavy atom. The van der Waals surface area contributed by atoms with Crippen molar-refractivity contribution in [3.05, 3.63) is 60.0 Å².